The normalized spacial score (nSPS) is 32.3. The predicted octanol–water partition coefficient (Wildman–Crippen LogP) is 4.53. The highest BCUT2D eigenvalue weighted by molar-refractivity contribution is 5.79. The Kier molecular flexibility index (Phi) is 7.31. The van der Waals surface area contributed by atoms with Crippen LogP contribution < -0.4 is 5.56 Å². The van der Waals surface area contributed by atoms with Crippen LogP contribution in [0.15, 0.2) is 34.2 Å². The van der Waals surface area contributed by atoms with E-state index in [4.69, 9.17) is 9.47 Å². The highest BCUT2D eigenvalue weighted by atomic mass is 16.5. The van der Waals surface area contributed by atoms with E-state index in [9.17, 15) is 14.5 Å². The number of nitroso groups, excluding NO2 is 1. The predicted molar refractivity (Wildman–Crippen MR) is 143 cm³/mol. The number of rotatable bonds is 6. The van der Waals surface area contributed by atoms with Gasteiger partial charge in [0.2, 0.25) is 6.04 Å². The quantitative estimate of drug-likeness (QED) is 0.406. The molecule has 9 heteroatoms. The Balaban J connectivity index is 1.34. The maximum atomic E-state index is 13.9. The fraction of sp³-hybridized carbons (Fsp3) is 0.690. The summed E-state index contributed by atoms with van der Waals surface area (Å²) >= 11 is 0. The highest BCUT2D eigenvalue weighted by Gasteiger charge is 2.46. The number of esters is 1. The summed E-state index contributed by atoms with van der Waals surface area (Å²) in [7, 11) is 0. The van der Waals surface area contributed by atoms with Gasteiger partial charge in [-0.2, -0.15) is 0 Å². The molecule has 0 spiro atoms. The van der Waals surface area contributed by atoms with E-state index >= 15 is 0 Å². The van der Waals surface area contributed by atoms with Gasteiger partial charge in [-0.25, -0.2) is 9.78 Å². The summed E-state index contributed by atoms with van der Waals surface area (Å²) in [5.74, 6) is 0.837. The second kappa shape index (κ2) is 10.8. The van der Waals surface area contributed by atoms with Gasteiger partial charge in [-0.1, -0.05) is 37.8 Å². The molecule has 38 heavy (non-hydrogen) atoms. The lowest BCUT2D eigenvalue weighted by Crippen LogP contribution is -2.62. The third-order valence-corrected chi connectivity index (χ3v) is 9.39. The first-order chi connectivity index (χ1) is 18.6. The molecule has 2 aromatic rings. The Hall–Kier alpha value is -2.65. The molecule has 4 unspecified atom stereocenters. The summed E-state index contributed by atoms with van der Waals surface area (Å²) < 4.78 is 12.9. The molecule has 4 bridgehead atoms. The molecule has 0 N–H and O–H groups in total. The van der Waals surface area contributed by atoms with Gasteiger partial charge in [0, 0.05) is 24.2 Å². The van der Waals surface area contributed by atoms with Crippen molar-refractivity contribution in [1.82, 2.24) is 14.5 Å². The Morgan fingerprint density at radius 3 is 2.37 bits per heavy atom. The van der Waals surface area contributed by atoms with Crippen LogP contribution in [0.1, 0.15) is 82.5 Å². The number of piperidine rings is 1. The number of ether oxygens (including phenoxy) is 2. The van der Waals surface area contributed by atoms with Crippen molar-refractivity contribution in [1.29, 1.82) is 0 Å². The van der Waals surface area contributed by atoms with Gasteiger partial charge < -0.3 is 14.0 Å². The van der Waals surface area contributed by atoms with Crippen LogP contribution in [0.2, 0.25) is 0 Å². The molecule has 2 aliphatic heterocycles. The minimum atomic E-state index is -1.58. The first-order valence-electron chi connectivity index (χ1n) is 14.4. The molecule has 2 saturated heterocycles. The number of aromatic nitrogens is 2. The zero-order valence-corrected chi connectivity index (χ0v) is 22.2. The number of fused-ring (bicyclic) bond motifs is 5. The van der Waals surface area contributed by atoms with Crippen molar-refractivity contribution in [3.8, 4) is 0 Å². The minimum absolute atomic E-state index is 0.0790. The number of hydrogen-bond donors (Lipinski definition) is 0. The van der Waals surface area contributed by atoms with Crippen molar-refractivity contribution in [2.45, 2.75) is 94.9 Å². The average molecular weight is 523 g/mol. The molecule has 2 saturated carbocycles. The first kappa shape index (κ1) is 25.6. The number of carbonyl (C=O) groups is 1. The molecule has 204 valence electrons. The number of hydrogen-bond acceptors (Lipinski definition) is 8. The molecule has 9 nitrogen and oxygen atoms in total. The molecular weight excluding hydrogens is 484 g/mol. The van der Waals surface area contributed by atoms with E-state index < -0.39 is 17.6 Å². The minimum Gasteiger partial charge on any atom is -0.464 e. The van der Waals surface area contributed by atoms with E-state index in [1.165, 1.54) is 44.9 Å². The topological polar surface area (TPSA) is 103 Å². The maximum Gasteiger partial charge on any atom is 0.341 e. The van der Waals surface area contributed by atoms with Crippen LogP contribution >= 0.6 is 0 Å². The van der Waals surface area contributed by atoms with Gasteiger partial charge in [0.25, 0.3) is 5.56 Å². The number of carbonyl (C=O) groups excluding carboxylic acids is 1. The van der Waals surface area contributed by atoms with Crippen LogP contribution in [0, 0.1) is 16.7 Å². The molecular formula is C29H38N4O5. The number of morpholine rings is 1. The van der Waals surface area contributed by atoms with Crippen LogP contribution in [0.4, 0.5) is 0 Å². The van der Waals surface area contributed by atoms with E-state index in [0.29, 0.717) is 24.8 Å². The Morgan fingerprint density at radius 1 is 1.03 bits per heavy atom. The zero-order valence-electron chi connectivity index (χ0n) is 22.2. The Labute approximate surface area is 222 Å². The van der Waals surface area contributed by atoms with Gasteiger partial charge in [-0.15, -0.1) is 4.91 Å². The van der Waals surface area contributed by atoms with Gasteiger partial charge in [-0.05, 0) is 68.2 Å². The van der Waals surface area contributed by atoms with Gasteiger partial charge in [0.1, 0.15) is 5.69 Å². The number of para-hydroxylation sites is 2. The second-order valence-electron chi connectivity index (χ2n) is 11.7. The van der Waals surface area contributed by atoms with E-state index in [1.807, 2.05) is 24.3 Å². The van der Waals surface area contributed by atoms with Crippen molar-refractivity contribution >= 4 is 17.0 Å². The van der Waals surface area contributed by atoms with Crippen molar-refractivity contribution in [2.24, 2.45) is 17.0 Å². The standard InChI is InChI=1S/C29H38N4O5/c1-2-38-29(35)27(31-36)26-28(34)33(25-10-6-5-9-24(25)30-26)21-14-22-16-37-17-23(15-21)32(22)20-12-18-7-3-4-8-19(11-18)13-20/h5-6,9-10,18-23,27H,2-4,7-8,11-17H2,1H3/t18?,19?,20?,21?,22-,23+,27?. The molecule has 2 aliphatic carbocycles. The molecule has 0 radical (unpaired) electrons. The zero-order chi connectivity index (χ0) is 26.2. The summed E-state index contributed by atoms with van der Waals surface area (Å²) in [6.07, 6.45) is 11.0. The van der Waals surface area contributed by atoms with E-state index in [0.717, 1.165) is 30.2 Å². The van der Waals surface area contributed by atoms with Crippen molar-refractivity contribution in [2.75, 3.05) is 19.8 Å². The van der Waals surface area contributed by atoms with Crippen LogP contribution in [0.3, 0.4) is 0 Å². The van der Waals surface area contributed by atoms with Gasteiger partial charge in [0.05, 0.1) is 30.9 Å². The number of nitrogens with zero attached hydrogens (tertiary/aromatic N) is 4. The molecule has 4 fully saturated rings. The molecule has 1 aromatic heterocycles. The van der Waals surface area contributed by atoms with E-state index in [-0.39, 0.29) is 30.4 Å². The molecule has 0 amide bonds. The van der Waals surface area contributed by atoms with Crippen LogP contribution in [-0.4, -0.2) is 58.4 Å². The smallest absolute Gasteiger partial charge is 0.341 e. The summed E-state index contributed by atoms with van der Waals surface area (Å²) in [6, 6.07) is 6.85. The molecule has 3 heterocycles. The third kappa shape index (κ3) is 4.68. The maximum absolute atomic E-state index is 13.9. The fourth-order valence-electron chi connectivity index (χ4n) is 7.97. The van der Waals surface area contributed by atoms with E-state index in [2.05, 4.69) is 15.1 Å². The molecule has 4 aliphatic rings. The van der Waals surface area contributed by atoms with Crippen molar-refractivity contribution in [3.63, 3.8) is 0 Å². The van der Waals surface area contributed by atoms with Gasteiger partial charge in [-0.3, -0.25) is 9.69 Å². The first-order valence-corrected chi connectivity index (χ1v) is 14.4. The van der Waals surface area contributed by atoms with Crippen molar-refractivity contribution in [3.05, 3.63) is 45.2 Å². The highest BCUT2D eigenvalue weighted by Crippen LogP contribution is 2.45. The SMILES string of the molecule is CCOC(=O)C(N=O)c1nc2ccccc2n(C2C[C@H]3COC[C@@H](C2)N3C2CC3CCCCC(C3)C2)c1=O. The van der Waals surface area contributed by atoms with E-state index in [1.54, 1.807) is 11.5 Å². The summed E-state index contributed by atoms with van der Waals surface area (Å²) in [5, 5.41) is 2.97. The third-order valence-electron chi connectivity index (χ3n) is 9.39. The molecule has 1 aromatic carbocycles. The lowest BCUT2D eigenvalue weighted by molar-refractivity contribution is -0.144. The largest absolute Gasteiger partial charge is 0.464 e. The Bertz CT molecular complexity index is 1220. The molecule has 6 rings (SSSR count). The second-order valence-corrected chi connectivity index (χ2v) is 11.7. The van der Waals surface area contributed by atoms with Crippen LogP contribution in [0.5, 0.6) is 0 Å². The monoisotopic (exact) mass is 522 g/mol. The summed E-state index contributed by atoms with van der Waals surface area (Å²) in [6.45, 7) is 3.09. The number of benzene rings is 1. The van der Waals surface area contributed by atoms with Gasteiger partial charge >= 0.3 is 5.97 Å². The van der Waals surface area contributed by atoms with Gasteiger partial charge in [0.15, 0.2) is 0 Å². The molecule has 6 atom stereocenters. The van der Waals surface area contributed by atoms with Crippen molar-refractivity contribution < 1.29 is 14.3 Å². The summed E-state index contributed by atoms with van der Waals surface area (Å²) in [5.41, 5.74) is 0.705. The van der Waals surface area contributed by atoms with Crippen LogP contribution in [0.25, 0.3) is 11.0 Å². The average Bonchev–Trinajstić information content (AvgIpc) is 3.08. The fourth-order valence-corrected chi connectivity index (χ4v) is 7.97. The Morgan fingerprint density at radius 2 is 1.71 bits per heavy atom. The lowest BCUT2D eigenvalue weighted by Gasteiger charge is -2.54. The lowest BCUT2D eigenvalue weighted by atomic mass is 9.75. The van der Waals surface area contributed by atoms with Crippen LogP contribution in [-0.2, 0) is 14.3 Å². The summed E-state index contributed by atoms with van der Waals surface area (Å²) in [4.78, 5) is 45.3.